The van der Waals surface area contributed by atoms with Crippen LogP contribution in [0.2, 0.25) is 0 Å². The molecule has 9 heteroatoms. The summed E-state index contributed by atoms with van der Waals surface area (Å²) in [5, 5.41) is 10.8. The highest BCUT2D eigenvalue weighted by atomic mass is 127. The molecular weight excluding hydrogens is 421 g/mol. The molecule has 2 rings (SSSR count). The van der Waals surface area contributed by atoms with Crippen molar-refractivity contribution in [3.63, 3.8) is 0 Å². The van der Waals surface area contributed by atoms with Gasteiger partial charge in [0.05, 0.1) is 13.2 Å². The first kappa shape index (κ1) is 21.1. The molecule has 8 nitrogen and oxygen atoms in total. The number of morpholine rings is 1. The van der Waals surface area contributed by atoms with Crippen molar-refractivity contribution < 1.29 is 4.74 Å². The van der Waals surface area contributed by atoms with Gasteiger partial charge in [-0.1, -0.05) is 0 Å². The van der Waals surface area contributed by atoms with Crippen LogP contribution in [0.3, 0.4) is 0 Å². The molecule has 138 valence electrons. The molecule has 1 saturated heterocycles. The van der Waals surface area contributed by atoms with Gasteiger partial charge < -0.3 is 15.4 Å². The highest BCUT2D eigenvalue weighted by Crippen LogP contribution is 2.14. The lowest BCUT2D eigenvalue weighted by Gasteiger charge is -2.41. The van der Waals surface area contributed by atoms with Gasteiger partial charge in [-0.25, -0.2) is 9.98 Å². The second-order valence-electron chi connectivity index (χ2n) is 6.26. The van der Waals surface area contributed by atoms with E-state index in [4.69, 9.17) is 4.74 Å². The Morgan fingerprint density at radius 3 is 2.62 bits per heavy atom. The van der Waals surface area contributed by atoms with Crippen molar-refractivity contribution in [1.29, 1.82) is 0 Å². The van der Waals surface area contributed by atoms with E-state index in [-0.39, 0.29) is 29.5 Å². The molecule has 0 amide bonds. The molecule has 1 aromatic rings. The second-order valence-corrected chi connectivity index (χ2v) is 6.26. The maximum Gasteiger partial charge on any atom is 0.191 e. The van der Waals surface area contributed by atoms with Crippen LogP contribution in [-0.2, 0) is 18.3 Å². The lowest BCUT2D eigenvalue weighted by molar-refractivity contribution is -0.00834. The van der Waals surface area contributed by atoms with Crippen LogP contribution in [0.1, 0.15) is 26.6 Å². The smallest absolute Gasteiger partial charge is 0.191 e. The number of nitrogens with zero attached hydrogens (tertiary/aromatic N) is 5. The zero-order chi connectivity index (χ0) is 16.7. The summed E-state index contributed by atoms with van der Waals surface area (Å²) in [6.07, 6.45) is 1.55. The number of aliphatic imine (C=N–C) groups is 1. The van der Waals surface area contributed by atoms with Gasteiger partial charge in [-0.15, -0.1) is 24.0 Å². The van der Waals surface area contributed by atoms with Crippen LogP contribution < -0.4 is 10.6 Å². The van der Waals surface area contributed by atoms with Gasteiger partial charge in [0.1, 0.15) is 18.7 Å². The van der Waals surface area contributed by atoms with E-state index in [1.165, 1.54) is 0 Å². The van der Waals surface area contributed by atoms with Crippen molar-refractivity contribution in [2.75, 3.05) is 39.4 Å². The van der Waals surface area contributed by atoms with E-state index in [1.807, 2.05) is 7.05 Å². The van der Waals surface area contributed by atoms with Crippen molar-refractivity contribution in [3.05, 3.63) is 12.2 Å². The minimum Gasteiger partial charge on any atom is -0.379 e. The standard InChI is InChI=1S/C15H29N7O.HI/c1-5-16-14(17-10-13-19-12-20-21(13)4)18-11-15(2,3)22-6-8-23-9-7-22;/h12H,5-11H2,1-4H3,(H2,16,17,18);1H. The zero-order valence-corrected chi connectivity index (χ0v) is 17.4. The third-order valence-corrected chi connectivity index (χ3v) is 4.08. The summed E-state index contributed by atoms with van der Waals surface area (Å²) in [7, 11) is 1.87. The Labute approximate surface area is 161 Å². The minimum absolute atomic E-state index is 0. The Hall–Kier alpha value is -0.940. The molecule has 24 heavy (non-hydrogen) atoms. The van der Waals surface area contributed by atoms with Gasteiger partial charge in [-0.05, 0) is 20.8 Å². The Balaban J connectivity index is 0.00000288. The van der Waals surface area contributed by atoms with Crippen LogP contribution in [0.5, 0.6) is 0 Å². The van der Waals surface area contributed by atoms with E-state index in [9.17, 15) is 0 Å². The van der Waals surface area contributed by atoms with Crippen LogP contribution in [0.15, 0.2) is 11.3 Å². The molecule has 0 saturated carbocycles. The lowest BCUT2D eigenvalue weighted by atomic mass is 10.0. The van der Waals surface area contributed by atoms with Crippen molar-refractivity contribution >= 4 is 29.9 Å². The number of hydrogen-bond acceptors (Lipinski definition) is 5. The van der Waals surface area contributed by atoms with E-state index in [0.29, 0.717) is 6.54 Å². The molecule has 0 bridgehead atoms. The first-order chi connectivity index (χ1) is 11.0. The summed E-state index contributed by atoms with van der Waals surface area (Å²) in [4.78, 5) is 11.2. The molecule has 0 aliphatic carbocycles. The topological polar surface area (TPSA) is 79.6 Å². The molecule has 0 aromatic carbocycles. The maximum atomic E-state index is 5.44. The van der Waals surface area contributed by atoms with E-state index >= 15 is 0 Å². The van der Waals surface area contributed by atoms with Crippen molar-refractivity contribution in [3.8, 4) is 0 Å². The third kappa shape index (κ3) is 6.17. The van der Waals surface area contributed by atoms with Gasteiger partial charge in [0.15, 0.2) is 5.96 Å². The van der Waals surface area contributed by atoms with Crippen molar-refractivity contribution in [1.82, 2.24) is 30.3 Å². The average molecular weight is 451 g/mol. The van der Waals surface area contributed by atoms with E-state index in [0.717, 1.165) is 51.2 Å². The Kier molecular flexibility index (Phi) is 8.92. The SMILES string of the molecule is CCNC(=NCc1ncnn1C)NCC(C)(C)N1CCOCC1.I. The van der Waals surface area contributed by atoms with Gasteiger partial charge in [0, 0.05) is 38.8 Å². The third-order valence-electron chi connectivity index (χ3n) is 4.08. The normalized spacial score (nSPS) is 16.6. The summed E-state index contributed by atoms with van der Waals surface area (Å²) >= 11 is 0. The molecule has 2 N–H and O–H groups in total. The largest absolute Gasteiger partial charge is 0.379 e. The zero-order valence-electron chi connectivity index (χ0n) is 15.1. The molecule has 1 fully saturated rings. The van der Waals surface area contributed by atoms with Gasteiger partial charge in [0.25, 0.3) is 0 Å². The molecule has 0 radical (unpaired) electrons. The number of halogens is 1. The summed E-state index contributed by atoms with van der Waals surface area (Å²) in [5.41, 5.74) is 0.0464. The van der Waals surface area contributed by atoms with Gasteiger partial charge in [-0.3, -0.25) is 9.58 Å². The predicted octanol–water partition coefficient (Wildman–Crippen LogP) is 0.599. The fourth-order valence-electron chi connectivity index (χ4n) is 2.54. The van der Waals surface area contributed by atoms with Crippen LogP contribution in [0.4, 0.5) is 0 Å². The monoisotopic (exact) mass is 451 g/mol. The van der Waals surface area contributed by atoms with Crippen LogP contribution in [0.25, 0.3) is 0 Å². The molecule has 0 atom stereocenters. The number of aryl methyl sites for hydroxylation is 1. The first-order valence-electron chi connectivity index (χ1n) is 8.21. The number of nitrogens with one attached hydrogen (secondary N) is 2. The number of ether oxygens (including phenoxy) is 1. The quantitative estimate of drug-likeness (QED) is 0.375. The molecular formula is C15H30IN7O. The van der Waals surface area contributed by atoms with E-state index in [2.05, 4.69) is 51.4 Å². The molecule has 1 aliphatic rings. The van der Waals surface area contributed by atoms with E-state index < -0.39 is 0 Å². The average Bonchev–Trinajstić information content (AvgIpc) is 2.96. The number of guanidine groups is 1. The predicted molar refractivity (Wildman–Crippen MR) is 106 cm³/mol. The maximum absolute atomic E-state index is 5.44. The summed E-state index contributed by atoms with van der Waals surface area (Å²) in [5.74, 6) is 1.64. The Bertz CT molecular complexity index is 512. The molecule has 0 unspecified atom stereocenters. The van der Waals surface area contributed by atoms with Crippen molar-refractivity contribution in [2.45, 2.75) is 32.9 Å². The van der Waals surface area contributed by atoms with Crippen molar-refractivity contribution in [2.24, 2.45) is 12.0 Å². The van der Waals surface area contributed by atoms with E-state index in [1.54, 1.807) is 11.0 Å². The van der Waals surface area contributed by atoms with Gasteiger partial charge in [0.2, 0.25) is 0 Å². The number of rotatable bonds is 6. The summed E-state index contributed by atoms with van der Waals surface area (Å²) < 4.78 is 7.18. The van der Waals surface area contributed by atoms with Gasteiger partial charge in [-0.2, -0.15) is 5.10 Å². The number of aromatic nitrogens is 3. The van der Waals surface area contributed by atoms with Crippen LogP contribution >= 0.6 is 24.0 Å². The molecule has 1 aliphatic heterocycles. The van der Waals surface area contributed by atoms with Crippen LogP contribution in [-0.4, -0.2) is 70.6 Å². The molecule has 0 spiro atoms. The second kappa shape index (κ2) is 10.1. The Morgan fingerprint density at radius 2 is 2.04 bits per heavy atom. The molecule has 2 heterocycles. The van der Waals surface area contributed by atoms with Gasteiger partial charge >= 0.3 is 0 Å². The van der Waals surface area contributed by atoms with Crippen LogP contribution in [0, 0.1) is 0 Å². The summed E-state index contributed by atoms with van der Waals surface area (Å²) in [6, 6.07) is 0. The fraction of sp³-hybridized carbons (Fsp3) is 0.800. The fourth-order valence-corrected chi connectivity index (χ4v) is 2.54. The first-order valence-corrected chi connectivity index (χ1v) is 8.21. The molecule has 1 aromatic heterocycles. The highest BCUT2D eigenvalue weighted by Gasteiger charge is 2.28. The Morgan fingerprint density at radius 1 is 1.33 bits per heavy atom. The number of hydrogen-bond donors (Lipinski definition) is 2. The minimum atomic E-state index is 0. The lowest BCUT2D eigenvalue weighted by Crippen LogP contribution is -2.56. The highest BCUT2D eigenvalue weighted by molar-refractivity contribution is 14.0. The summed E-state index contributed by atoms with van der Waals surface area (Å²) in [6.45, 7) is 12.3.